The number of anilines is 1. The van der Waals surface area contributed by atoms with Crippen LogP contribution in [-0.4, -0.2) is 19.7 Å². The quantitative estimate of drug-likeness (QED) is 0.504. The lowest BCUT2D eigenvalue weighted by atomic mass is 10.1. The molecule has 0 fully saturated rings. The minimum atomic E-state index is -0.501. The van der Waals surface area contributed by atoms with Crippen LogP contribution >= 0.6 is 0 Å². The molecule has 0 aliphatic heterocycles. The summed E-state index contributed by atoms with van der Waals surface area (Å²) in [6.07, 6.45) is 2.54. The largest absolute Gasteiger partial charge is 0.393 e. The maximum Gasteiger partial charge on any atom is 0.292 e. The topological polar surface area (TPSA) is 99.9 Å². The zero-order valence-electron chi connectivity index (χ0n) is 9.91. The van der Waals surface area contributed by atoms with Gasteiger partial charge in [0.1, 0.15) is 12.0 Å². The molecule has 1 aromatic carbocycles. The van der Waals surface area contributed by atoms with Crippen LogP contribution in [0, 0.1) is 10.1 Å². The van der Waals surface area contributed by atoms with E-state index in [0.717, 1.165) is 13.0 Å². The summed E-state index contributed by atoms with van der Waals surface area (Å²) in [4.78, 5) is 10.3. The molecule has 1 aromatic heterocycles. The number of benzene rings is 1. The molecular formula is C11H13N5O2. The Morgan fingerprint density at radius 3 is 2.94 bits per heavy atom. The van der Waals surface area contributed by atoms with Crippen molar-refractivity contribution in [3.63, 3.8) is 0 Å². The summed E-state index contributed by atoms with van der Waals surface area (Å²) < 4.78 is 1.86. The highest BCUT2D eigenvalue weighted by molar-refractivity contribution is 5.68. The third-order valence-corrected chi connectivity index (χ3v) is 2.57. The van der Waals surface area contributed by atoms with Gasteiger partial charge in [0.05, 0.1) is 4.92 Å². The highest BCUT2D eigenvalue weighted by Gasteiger charge is 2.15. The lowest BCUT2D eigenvalue weighted by Crippen LogP contribution is -2.00. The number of nitro groups is 1. The summed E-state index contributed by atoms with van der Waals surface area (Å²) >= 11 is 0. The van der Waals surface area contributed by atoms with Crippen LogP contribution in [0.3, 0.4) is 0 Å². The number of hydrogen-bond donors (Lipinski definition) is 1. The first-order valence-electron chi connectivity index (χ1n) is 5.55. The van der Waals surface area contributed by atoms with Crippen molar-refractivity contribution in [3.8, 4) is 11.4 Å². The van der Waals surface area contributed by atoms with Gasteiger partial charge in [-0.05, 0) is 18.6 Å². The molecule has 1 heterocycles. The Hall–Kier alpha value is -2.44. The molecule has 0 amide bonds. The van der Waals surface area contributed by atoms with Gasteiger partial charge in [0.25, 0.3) is 5.69 Å². The third-order valence-electron chi connectivity index (χ3n) is 2.57. The van der Waals surface area contributed by atoms with E-state index in [1.54, 1.807) is 12.4 Å². The lowest BCUT2D eigenvalue weighted by molar-refractivity contribution is -0.383. The summed E-state index contributed by atoms with van der Waals surface area (Å²) in [5.41, 5.74) is 6.23. The normalized spacial score (nSPS) is 10.5. The molecule has 7 heteroatoms. The Labute approximate surface area is 103 Å². The Bertz CT molecular complexity index is 579. The number of nitrogen functional groups attached to an aromatic ring is 1. The molecule has 2 N–H and O–H groups in total. The van der Waals surface area contributed by atoms with Gasteiger partial charge in [-0.3, -0.25) is 10.1 Å². The van der Waals surface area contributed by atoms with Gasteiger partial charge in [-0.1, -0.05) is 6.92 Å². The smallest absolute Gasteiger partial charge is 0.292 e. The second-order valence-corrected chi connectivity index (χ2v) is 3.88. The molecule has 0 radical (unpaired) electrons. The molecule has 0 saturated heterocycles. The first-order chi connectivity index (χ1) is 8.63. The van der Waals surface area contributed by atoms with Crippen LogP contribution in [0.4, 0.5) is 11.4 Å². The Morgan fingerprint density at radius 1 is 1.50 bits per heavy atom. The van der Waals surface area contributed by atoms with E-state index in [2.05, 4.69) is 10.2 Å². The standard InChI is InChI=1S/C11H13N5O2/c1-2-5-15-7-13-14-11(15)8-3-4-9(12)10(6-8)16(17)18/h3-4,6-7H,2,5,12H2,1H3. The third kappa shape index (κ3) is 2.15. The van der Waals surface area contributed by atoms with Crippen molar-refractivity contribution in [3.05, 3.63) is 34.6 Å². The van der Waals surface area contributed by atoms with Crippen LogP contribution in [0.25, 0.3) is 11.4 Å². The summed E-state index contributed by atoms with van der Waals surface area (Å²) in [7, 11) is 0. The average molecular weight is 247 g/mol. The zero-order chi connectivity index (χ0) is 13.1. The van der Waals surface area contributed by atoms with Crippen molar-refractivity contribution in [2.45, 2.75) is 19.9 Å². The van der Waals surface area contributed by atoms with Gasteiger partial charge in [0.2, 0.25) is 0 Å². The molecule has 0 bridgehead atoms. The van der Waals surface area contributed by atoms with Crippen LogP contribution in [0.15, 0.2) is 24.5 Å². The molecule has 0 saturated carbocycles. The highest BCUT2D eigenvalue weighted by Crippen LogP contribution is 2.27. The molecule has 0 aliphatic rings. The fourth-order valence-corrected chi connectivity index (χ4v) is 1.72. The predicted molar refractivity (Wildman–Crippen MR) is 66.8 cm³/mol. The first-order valence-corrected chi connectivity index (χ1v) is 5.55. The van der Waals surface area contributed by atoms with Crippen molar-refractivity contribution in [1.29, 1.82) is 0 Å². The molecule has 0 spiro atoms. The number of aryl methyl sites for hydroxylation is 1. The van der Waals surface area contributed by atoms with Gasteiger partial charge in [-0.15, -0.1) is 10.2 Å². The lowest BCUT2D eigenvalue weighted by Gasteiger charge is -2.05. The van der Waals surface area contributed by atoms with E-state index in [1.165, 1.54) is 12.1 Å². The van der Waals surface area contributed by atoms with E-state index in [9.17, 15) is 10.1 Å². The maximum absolute atomic E-state index is 10.8. The van der Waals surface area contributed by atoms with Gasteiger partial charge >= 0.3 is 0 Å². The highest BCUT2D eigenvalue weighted by atomic mass is 16.6. The average Bonchev–Trinajstić information content (AvgIpc) is 2.78. The SMILES string of the molecule is CCCn1cnnc1-c1ccc(N)c([N+](=O)[O-])c1. The van der Waals surface area contributed by atoms with E-state index >= 15 is 0 Å². The second kappa shape index (κ2) is 4.82. The summed E-state index contributed by atoms with van der Waals surface area (Å²) in [5.74, 6) is 0.611. The zero-order valence-corrected chi connectivity index (χ0v) is 9.91. The number of nitrogens with zero attached hydrogens (tertiary/aromatic N) is 4. The van der Waals surface area contributed by atoms with Crippen LogP contribution in [0.2, 0.25) is 0 Å². The Balaban J connectivity index is 2.47. The molecule has 2 rings (SSSR count). The van der Waals surface area contributed by atoms with Crippen molar-refractivity contribution in [2.24, 2.45) is 0 Å². The monoisotopic (exact) mass is 247 g/mol. The Morgan fingerprint density at radius 2 is 2.28 bits per heavy atom. The fraction of sp³-hybridized carbons (Fsp3) is 0.273. The maximum atomic E-state index is 10.8. The summed E-state index contributed by atoms with van der Waals surface area (Å²) in [6, 6.07) is 4.64. The predicted octanol–water partition coefficient (Wildman–Crippen LogP) is 1.85. The van der Waals surface area contributed by atoms with E-state index in [-0.39, 0.29) is 11.4 Å². The molecule has 94 valence electrons. The number of rotatable bonds is 4. The molecular weight excluding hydrogens is 234 g/mol. The minimum absolute atomic E-state index is 0.112. The molecule has 0 aliphatic carbocycles. The number of nitro benzene ring substituents is 1. The van der Waals surface area contributed by atoms with Gasteiger partial charge in [-0.2, -0.15) is 0 Å². The first kappa shape index (κ1) is 12.0. The van der Waals surface area contributed by atoms with E-state index in [4.69, 9.17) is 5.73 Å². The fourth-order valence-electron chi connectivity index (χ4n) is 1.72. The molecule has 0 atom stereocenters. The Kier molecular flexibility index (Phi) is 3.22. The van der Waals surface area contributed by atoms with Crippen molar-refractivity contribution < 1.29 is 4.92 Å². The second-order valence-electron chi connectivity index (χ2n) is 3.88. The van der Waals surface area contributed by atoms with Crippen molar-refractivity contribution in [2.75, 3.05) is 5.73 Å². The molecule has 7 nitrogen and oxygen atoms in total. The van der Waals surface area contributed by atoms with E-state index in [0.29, 0.717) is 11.4 Å². The van der Waals surface area contributed by atoms with Gasteiger partial charge in [0.15, 0.2) is 5.82 Å². The molecule has 2 aromatic rings. The van der Waals surface area contributed by atoms with Gasteiger partial charge in [-0.25, -0.2) is 0 Å². The number of aromatic nitrogens is 3. The van der Waals surface area contributed by atoms with Crippen LogP contribution < -0.4 is 5.73 Å². The number of hydrogen-bond acceptors (Lipinski definition) is 5. The van der Waals surface area contributed by atoms with Crippen molar-refractivity contribution in [1.82, 2.24) is 14.8 Å². The van der Waals surface area contributed by atoms with Gasteiger partial charge < -0.3 is 10.3 Å². The van der Waals surface area contributed by atoms with Crippen LogP contribution in [0.5, 0.6) is 0 Å². The molecule has 0 unspecified atom stereocenters. The van der Waals surface area contributed by atoms with E-state index in [1.807, 2.05) is 11.5 Å². The molecule has 18 heavy (non-hydrogen) atoms. The summed E-state index contributed by atoms with van der Waals surface area (Å²) in [5, 5.41) is 18.6. The van der Waals surface area contributed by atoms with Gasteiger partial charge in [0, 0.05) is 18.2 Å². The van der Waals surface area contributed by atoms with Crippen LogP contribution in [-0.2, 0) is 6.54 Å². The van der Waals surface area contributed by atoms with Crippen LogP contribution in [0.1, 0.15) is 13.3 Å². The van der Waals surface area contributed by atoms with E-state index < -0.39 is 4.92 Å². The summed E-state index contributed by atoms with van der Waals surface area (Å²) in [6.45, 7) is 2.80. The van der Waals surface area contributed by atoms with Crippen molar-refractivity contribution >= 4 is 11.4 Å². The number of nitrogens with two attached hydrogens (primary N) is 1. The minimum Gasteiger partial charge on any atom is -0.393 e.